The zero-order chi connectivity index (χ0) is 20.8. The van der Waals surface area contributed by atoms with E-state index < -0.39 is 17.8 Å². The van der Waals surface area contributed by atoms with Gasteiger partial charge in [-0.15, -0.1) is 0 Å². The van der Waals surface area contributed by atoms with Crippen molar-refractivity contribution in [2.45, 2.75) is 25.4 Å². The van der Waals surface area contributed by atoms with Crippen LogP contribution in [-0.2, 0) is 6.54 Å². The number of pyridine rings is 1. The number of hydrazone groups is 1. The summed E-state index contributed by atoms with van der Waals surface area (Å²) in [5.41, 5.74) is 1.86. The summed E-state index contributed by atoms with van der Waals surface area (Å²) in [5.74, 6) is 2.10. The number of alkyl halides is 2. The molecule has 1 fully saturated rings. The highest BCUT2D eigenvalue weighted by Gasteiger charge is 2.49. The van der Waals surface area contributed by atoms with Gasteiger partial charge in [0.2, 0.25) is 0 Å². The van der Waals surface area contributed by atoms with Crippen molar-refractivity contribution in [1.82, 2.24) is 19.4 Å². The lowest BCUT2D eigenvalue weighted by Gasteiger charge is -2.22. The van der Waals surface area contributed by atoms with Crippen LogP contribution < -0.4 is 5.84 Å². The first-order valence-corrected chi connectivity index (χ1v) is 9.06. The van der Waals surface area contributed by atoms with E-state index in [4.69, 9.17) is 5.84 Å². The highest BCUT2D eigenvalue weighted by atomic mass is 19.3. The number of hydrogen-bond acceptors (Lipinski definition) is 6. The molecule has 0 spiro atoms. The number of likely N-dealkylation sites (tertiary alicyclic amines) is 1. The van der Waals surface area contributed by atoms with Crippen LogP contribution in [0.15, 0.2) is 34.5 Å². The largest absolute Gasteiger partial charge is 0.323 e. The van der Waals surface area contributed by atoms with Crippen molar-refractivity contribution in [3.63, 3.8) is 0 Å². The van der Waals surface area contributed by atoms with Crippen LogP contribution in [0.5, 0.6) is 0 Å². The van der Waals surface area contributed by atoms with Crippen molar-refractivity contribution in [1.29, 1.82) is 0 Å². The van der Waals surface area contributed by atoms with E-state index in [1.54, 1.807) is 18.9 Å². The maximum absolute atomic E-state index is 14.9. The van der Waals surface area contributed by atoms with Crippen LogP contribution in [0.25, 0.3) is 21.9 Å². The Balaban J connectivity index is 1.96. The zero-order valence-corrected chi connectivity index (χ0v) is 16.0. The van der Waals surface area contributed by atoms with E-state index in [1.807, 2.05) is 0 Å². The maximum atomic E-state index is 14.9. The Kier molecular flexibility index (Phi) is 4.73. The molecule has 3 heterocycles. The molecule has 0 aliphatic carbocycles. The van der Waals surface area contributed by atoms with Gasteiger partial charge < -0.3 is 10.4 Å². The molecule has 4 rings (SSSR count). The van der Waals surface area contributed by atoms with Crippen molar-refractivity contribution in [3.05, 3.63) is 36.0 Å². The smallest absolute Gasteiger partial charge is 0.282 e. The Morgan fingerprint density at radius 1 is 1.38 bits per heavy atom. The van der Waals surface area contributed by atoms with Crippen molar-refractivity contribution < 1.29 is 13.2 Å². The van der Waals surface area contributed by atoms with Crippen LogP contribution in [0.3, 0.4) is 0 Å². The van der Waals surface area contributed by atoms with Crippen molar-refractivity contribution in [2.24, 2.45) is 15.9 Å². The molecule has 2 N–H and O–H groups in total. The lowest BCUT2D eigenvalue weighted by atomic mass is 10.1. The lowest BCUT2D eigenvalue weighted by molar-refractivity contribution is -0.0201. The van der Waals surface area contributed by atoms with Gasteiger partial charge in [0.1, 0.15) is 23.2 Å². The number of imidazole rings is 1. The number of fused-ring (bicyclic) bond motifs is 3. The third-order valence-electron chi connectivity index (χ3n) is 5.03. The van der Waals surface area contributed by atoms with Crippen LogP contribution in [0.4, 0.5) is 13.2 Å². The summed E-state index contributed by atoms with van der Waals surface area (Å²) in [6.07, 6.45) is 2.97. The van der Waals surface area contributed by atoms with Crippen LogP contribution in [0.2, 0.25) is 0 Å². The maximum Gasteiger partial charge on any atom is 0.282 e. The average molecular weight is 403 g/mol. The van der Waals surface area contributed by atoms with Gasteiger partial charge in [-0.05, 0) is 32.2 Å². The summed E-state index contributed by atoms with van der Waals surface area (Å²) in [4.78, 5) is 14.6. The minimum Gasteiger partial charge on any atom is -0.323 e. The summed E-state index contributed by atoms with van der Waals surface area (Å²) in [7, 11) is 1.64. The first kappa shape index (κ1) is 19.3. The Bertz CT molecular complexity index is 1140. The molecule has 1 aliphatic rings. The van der Waals surface area contributed by atoms with Gasteiger partial charge in [-0.1, -0.05) is 0 Å². The molecule has 1 aromatic carbocycles. The molecule has 1 aliphatic heterocycles. The number of hydrogen-bond donors (Lipinski definition) is 1. The number of rotatable bonds is 4. The normalized spacial score (nSPS) is 20.4. The van der Waals surface area contributed by atoms with Gasteiger partial charge in [0.05, 0.1) is 36.0 Å². The fourth-order valence-electron chi connectivity index (χ4n) is 3.77. The molecule has 29 heavy (non-hydrogen) atoms. The molecule has 7 nitrogen and oxygen atoms in total. The minimum absolute atomic E-state index is 0.0502. The second kappa shape index (κ2) is 7.11. The Hall–Kier alpha value is -3.01. The van der Waals surface area contributed by atoms with E-state index in [-0.39, 0.29) is 19.6 Å². The first-order valence-electron chi connectivity index (χ1n) is 9.06. The second-order valence-electron chi connectivity index (χ2n) is 7.27. The number of benzene rings is 1. The summed E-state index contributed by atoms with van der Waals surface area (Å²) < 4.78 is 45.2. The number of halogens is 3. The van der Waals surface area contributed by atoms with E-state index in [0.29, 0.717) is 33.5 Å². The number of nitrogens with zero attached hydrogens (tertiary/aromatic N) is 6. The van der Waals surface area contributed by atoms with Crippen LogP contribution in [0, 0.1) is 5.82 Å². The molecule has 3 aromatic rings. The van der Waals surface area contributed by atoms with Crippen LogP contribution in [-0.4, -0.2) is 57.4 Å². The third kappa shape index (κ3) is 3.44. The van der Waals surface area contributed by atoms with Crippen LogP contribution >= 0.6 is 0 Å². The lowest BCUT2D eigenvalue weighted by Crippen LogP contribution is -2.30. The van der Waals surface area contributed by atoms with Gasteiger partial charge in [-0.3, -0.25) is 14.9 Å². The van der Waals surface area contributed by atoms with Crippen molar-refractivity contribution >= 4 is 33.9 Å². The highest BCUT2D eigenvalue weighted by Crippen LogP contribution is 2.40. The predicted octanol–water partition coefficient (Wildman–Crippen LogP) is 2.75. The summed E-state index contributed by atoms with van der Waals surface area (Å²) in [5, 5.41) is 3.95. The first-order chi connectivity index (χ1) is 13.8. The van der Waals surface area contributed by atoms with E-state index >= 15 is 0 Å². The number of nitrogens with two attached hydrogens (primary N) is 1. The Labute approximate surface area is 164 Å². The molecule has 152 valence electrons. The van der Waals surface area contributed by atoms with E-state index in [0.717, 1.165) is 0 Å². The Morgan fingerprint density at radius 3 is 2.86 bits per heavy atom. The quantitative estimate of drug-likeness (QED) is 0.412. The van der Waals surface area contributed by atoms with Gasteiger partial charge in [-0.25, -0.2) is 18.2 Å². The van der Waals surface area contributed by atoms with Gasteiger partial charge in [0.15, 0.2) is 0 Å². The van der Waals surface area contributed by atoms with E-state index in [1.165, 1.54) is 35.2 Å². The fourth-order valence-corrected chi connectivity index (χ4v) is 3.77. The number of likely N-dealkylation sites (N-methyl/N-ethyl adjacent to an activating group) is 1. The van der Waals surface area contributed by atoms with Gasteiger partial charge in [0.25, 0.3) is 5.92 Å². The van der Waals surface area contributed by atoms with E-state index in [2.05, 4.69) is 20.1 Å². The number of aromatic nitrogens is 3. The molecular formula is C19H20F3N7. The van der Waals surface area contributed by atoms with Crippen molar-refractivity contribution in [3.8, 4) is 0 Å². The van der Waals surface area contributed by atoms with Crippen LogP contribution in [0.1, 0.15) is 18.8 Å². The average Bonchev–Trinajstić information content (AvgIpc) is 3.16. The highest BCUT2D eigenvalue weighted by molar-refractivity contribution is 6.29. The minimum atomic E-state index is -2.97. The Morgan fingerprint density at radius 2 is 2.17 bits per heavy atom. The second-order valence-corrected chi connectivity index (χ2v) is 7.27. The van der Waals surface area contributed by atoms with Gasteiger partial charge in [0, 0.05) is 18.1 Å². The molecule has 0 bridgehead atoms. The summed E-state index contributed by atoms with van der Waals surface area (Å²) >= 11 is 0. The topological polar surface area (TPSA) is 84.7 Å². The molecule has 1 atom stereocenters. The molecule has 1 unspecified atom stereocenters. The van der Waals surface area contributed by atoms with Crippen molar-refractivity contribution in [2.75, 3.05) is 20.1 Å². The number of aliphatic imine (C=N–C) groups is 1. The SMILES string of the molecule is CC(C=NCc1nc2cnc3ccc(F)cc3c2n1C1CN(C)CC1(F)F)=NN. The monoisotopic (exact) mass is 403 g/mol. The summed E-state index contributed by atoms with van der Waals surface area (Å²) in [6, 6.07) is 2.97. The molecule has 0 amide bonds. The standard InChI is InChI=1S/C19H20F3N7/c1-11(27-23)6-24-8-17-26-15-7-25-14-4-3-12(20)5-13(14)18(15)29(17)16-9-28(2)10-19(16,21)22/h3-7,16H,8-10,23H2,1-2H3. The molecular weight excluding hydrogens is 383 g/mol. The third-order valence-corrected chi connectivity index (χ3v) is 5.03. The zero-order valence-electron chi connectivity index (χ0n) is 16.0. The molecule has 0 saturated carbocycles. The summed E-state index contributed by atoms with van der Waals surface area (Å²) in [6.45, 7) is 1.50. The molecule has 1 saturated heterocycles. The molecule has 2 aromatic heterocycles. The van der Waals surface area contributed by atoms with E-state index in [9.17, 15) is 13.2 Å². The van der Waals surface area contributed by atoms with Gasteiger partial charge >= 0.3 is 0 Å². The predicted molar refractivity (Wildman–Crippen MR) is 106 cm³/mol. The van der Waals surface area contributed by atoms with Gasteiger partial charge in [-0.2, -0.15) is 5.10 Å². The molecule has 0 radical (unpaired) electrons. The molecule has 10 heteroatoms. The fraction of sp³-hybridized carbons (Fsp3) is 0.368.